The maximum absolute atomic E-state index is 16.9. The fourth-order valence-electron chi connectivity index (χ4n) is 7.18. The average molecular weight is 376 g/mol. The van der Waals surface area contributed by atoms with Crippen molar-refractivity contribution in [2.45, 2.75) is 70.8 Å². The van der Waals surface area contributed by atoms with Crippen molar-refractivity contribution in [3.05, 3.63) is 23.8 Å². The Morgan fingerprint density at radius 2 is 1.96 bits per heavy atom. The van der Waals surface area contributed by atoms with E-state index in [0.717, 1.165) is 5.57 Å². The van der Waals surface area contributed by atoms with Crippen LogP contribution in [-0.4, -0.2) is 39.2 Å². The zero-order chi connectivity index (χ0) is 20.0. The van der Waals surface area contributed by atoms with Crippen molar-refractivity contribution in [3.63, 3.8) is 0 Å². The maximum Gasteiger partial charge on any atom is 0.178 e. The van der Waals surface area contributed by atoms with Gasteiger partial charge in [-0.3, -0.25) is 9.59 Å². The molecule has 3 saturated carbocycles. The fourth-order valence-corrected chi connectivity index (χ4v) is 7.18. The molecule has 0 spiro atoms. The summed E-state index contributed by atoms with van der Waals surface area (Å²) in [6.07, 6.45) is 4.68. The summed E-state index contributed by atoms with van der Waals surface area (Å²) in [6, 6.07) is 0. The van der Waals surface area contributed by atoms with Gasteiger partial charge in [0.05, 0.1) is 6.10 Å². The van der Waals surface area contributed by atoms with Crippen LogP contribution in [-0.2, 0) is 9.59 Å². The standard InChI is InChI=1S/C22H29FO4/c1-12-9-17-15-6-8-21(27,13(2)24)20(15,4)11-18(26)22(17,23)19(3)7-5-14(25)10-16(12)19/h5,7,10,12,15,17-18,26-27H,6,8-9,11H2,1-4H3/t12-,15+,17-,18+,19-,20+,21-,22-/m0/s1. The fraction of sp³-hybridized carbons (Fsp3) is 0.727. The Labute approximate surface area is 159 Å². The van der Waals surface area contributed by atoms with E-state index in [0.29, 0.717) is 19.3 Å². The second kappa shape index (κ2) is 5.38. The number of fused-ring (bicyclic) bond motifs is 5. The number of ketones is 2. The van der Waals surface area contributed by atoms with Gasteiger partial charge in [-0.1, -0.05) is 25.5 Å². The first-order valence-corrected chi connectivity index (χ1v) is 9.97. The molecule has 0 aromatic rings. The molecule has 0 aromatic heterocycles. The molecule has 0 aliphatic heterocycles. The van der Waals surface area contributed by atoms with Crippen LogP contribution in [0, 0.1) is 28.6 Å². The highest BCUT2D eigenvalue weighted by molar-refractivity contribution is 6.01. The lowest BCUT2D eigenvalue weighted by Gasteiger charge is -2.63. The van der Waals surface area contributed by atoms with Gasteiger partial charge in [-0.2, -0.15) is 0 Å². The van der Waals surface area contributed by atoms with Crippen LogP contribution >= 0.6 is 0 Å². The summed E-state index contributed by atoms with van der Waals surface area (Å²) in [4.78, 5) is 24.2. The molecule has 5 heteroatoms. The molecule has 4 rings (SSSR count). The van der Waals surface area contributed by atoms with Gasteiger partial charge < -0.3 is 10.2 Å². The molecular formula is C22H29FO4. The molecule has 148 valence electrons. The van der Waals surface area contributed by atoms with E-state index >= 15 is 4.39 Å². The molecule has 2 N–H and O–H groups in total. The lowest BCUT2D eigenvalue weighted by Crippen LogP contribution is -2.69. The summed E-state index contributed by atoms with van der Waals surface area (Å²) in [5, 5.41) is 22.3. The number of carbonyl (C=O) groups is 2. The molecule has 0 radical (unpaired) electrons. The Bertz CT molecular complexity index is 787. The van der Waals surface area contributed by atoms with Crippen molar-refractivity contribution in [3.8, 4) is 0 Å². The summed E-state index contributed by atoms with van der Waals surface area (Å²) in [6.45, 7) is 7.01. The van der Waals surface area contributed by atoms with Crippen LogP contribution in [0.25, 0.3) is 0 Å². The third kappa shape index (κ3) is 2.00. The number of hydrogen-bond acceptors (Lipinski definition) is 4. The first-order chi connectivity index (χ1) is 12.4. The Kier molecular flexibility index (Phi) is 3.79. The van der Waals surface area contributed by atoms with Crippen LogP contribution in [0.15, 0.2) is 23.8 Å². The minimum absolute atomic E-state index is 0.00153. The smallest absolute Gasteiger partial charge is 0.178 e. The first-order valence-electron chi connectivity index (χ1n) is 9.97. The van der Waals surface area contributed by atoms with Crippen LogP contribution < -0.4 is 0 Å². The van der Waals surface area contributed by atoms with Gasteiger partial charge in [-0.15, -0.1) is 0 Å². The molecule has 4 aliphatic rings. The molecule has 0 bridgehead atoms. The van der Waals surface area contributed by atoms with E-state index in [1.54, 1.807) is 13.0 Å². The molecule has 8 atom stereocenters. The predicted molar refractivity (Wildman–Crippen MR) is 98.5 cm³/mol. The zero-order valence-electron chi connectivity index (χ0n) is 16.5. The van der Waals surface area contributed by atoms with E-state index in [-0.39, 0.29) is 29.8 Å². The van der Waals surface area contributed by atoms with Gasteiger partial charge in [0.25, 0.3) is 0 Å². The van der Waals surface area contributed by atoms with Crippen LogP contribution in [0.1, 0.15) is 53.4 Å². The number of halogens is 1. The molecule has 0 saturated heterocycles. The summed E-state index contributed by atoms with van der Waals surface area (Å²) in [5.74, 6) is -1.11. The highest BCUT2D eigenvalue weighted by atomic mass is 19.1. The van der Waals surface area contributed by atoms with Gasteiger partial charge in [0.1, 0.15) is 5.60 Å². The van der Waals surface area contributed by atoms with E-state index in [9.17, 15) is 19.8 Å². The molecule has 4 nitrogen and oxygen atoms in total. The maximum atomic E-state index is 16.9. The van der Waals surface area contributed by atoms with Crippen molar-refractivity contribution in [1.82, 2.24) is 0 Å². The highest BCUT2D eigenvalue weighted by Gasteiger charge is 2.74. The lowest BCUT2D eigenvalue weighted by molar-refractivity contribution is -0.219. The number of aliphatic hydroxyl groups excluding tert-OH is 1. The molecule has 0 aromatic carbocycles. The molecule has 0 heterocycles. The Morgan fingerprint density at radius 3 is 2.59 bits per heavy atom. The van der Waals surface area contributed by atoms with E-state index in [4.69, 9.17) is 0 Å². The Morgan fingerprint density at radius 1 is 1.30 bits per heavy atom. The minimum Gasteiger partial charge on any atom is -0.390 e. The van der Waals surface area contributed by atoms with E-state index in [1.165, 1.54) is 19.1 Å². The van der Waals surface area contributed by atoms with E-state index in [2.05, 4.69) is 0 Å². The topological polar surface area (TPSA) is 74.6 Å². The summed E-state index contributed by atoms with van der Waals surface area (Å²) < 4.78 is 16.9. The summed E-state index contributed by atoms with van der Waals surface area (Å²) in [7, 11) is 0. The second-order valence-electron chi connectivity index (χ2n) is 9.75. The third-order valence-corrected chi connectivity index (χ3v) is 8.70. The van der Waals surface area contributed by atoms with Crippen LogP contribution in [0.5, 0.6) is 0 Å². The van der Waals surface area contributed by atoms with Crippen molar-refractivity contribution < 1.29 is 24.2 Å². The largest absolute Gasteiger partial charge is 0.390 e. The number of alkyl halides is 1. The summed E-state index contributed by atoms with van der Waals surface area (Å²) in [5.41, 5.74) is -4.59. The Balaban J connectivity index is 1.86. The summed E-state index contributed by atoms with van der Waals surface area (Å²) >= 11 is 0. The number of aliphatic hydroxyl groups is 2. The molecular weight excluding hydrogens is 347 g/mol. The van der Waals surface area contributed by atoms with Crippen LogP contribution in [0.2, 0.25) is 0 Å². The predicted octanol–water partition coefficient (Wildman–Crippen LogP) is 2.92. The van der Waals surface area contributed by atoms with Crippen molar-refractivity contribution >= 4 is 11.6 Å². The first kappa shape index (κ1) is 19.0. The molecule has 3 fully saturated rings. The van der Waals surface area contributed by atoms with Crippen molar-refractivity contribution in [2.24, 2.45) is 28.6 Å². The molecule has 4 aliphatic carbocycles. The lowest BCUT2D eigenvalue weighted by atomic mass is 9.43. The van der Waals surface area contributed by atoms with Crippen molar-refractivity contribution in [2.75, 3.05) is 0 Å². The van der Waals surface area contributed by atoms with Gasteiger partial charge in [-0.25, -0.2) is 4.39 Å². The van der Waals surface area contributed by atoms with E-state index in [1.807, 2.05) is 13.8 Å². The van der Waals surface area contributed by atoms with Gasteiger partial charge in [0, 0.05) is 16.7 Å². The average Bonchev–Trinajstić information content (AvgIpc) is 2.85. The van der Waals surface area contributed by atoms with Crippen LogP contribution in [0.3, 0.4) is 0 Å². The monoisotopic (exact) mass is 376 g/mol. The second-order valence-corrected chi connectivity index (χ2v) is 9.75. The SMILES string of the molecule is CC(=O)[C@@]1(O)CC[C@@H]2[C@@H]3C[C@H](C)C4=CC(=O)C=C[C@]4(C)[C@@]3(F)[C@H](O)C[C@]21C. The van der Waals surface area contributed by atoms with E-state index < -0.39 is 34.1 Å². The quantitative estimate of drug-likeness (QED) is 0.738. The van der Waals surface area contributed by atoms with Gasteiger partial charge in [-0.05, 0) is 63.5 Å². The highest BCUT2D eigenvalue weighted by Crippen LogP contribution is 2.70. The van der Waals surface area contributed by atoms with Crippen LogP contribution in [0.4, 0.5) is 4.39 Å². The number of rotatable bonds is 1. The minimum atomic E-state index is -1.92. The zero-order valence-corrected chi connectivity index (χ0v) is 16.5. The number of Topliss-reactive ketones (excluding diaryl/α,β-unsaturated/α-hetero) is 1. The Hall–Kier alpha value is -1.33. The van der Waals surface area contributed by atoms with Gasteiger partial charge in [0.2, 0.25) is 0 Å². The van der Waals surface area contributed by atoms with Gasteiger partial charge >= 0.3 is 0 Å². The van der Waals surface area contributed by atoms with Crippen molar-refractivity contribution in [1.29, 1.82) is 0 Å². The van der Waals surface area contributed by atoms with Gasteiger partial charge in [0.15, 0.2) is 17.2 Å². The number of hydrogen-bond donors (Lipinski definition) is 2. The number of carbonyl (C=O) groups excluding carboxylic acids is 2. The molecule has 0 amide bonds. The molecule has 27 heavy (non-hydrogen) atoms. The molecule has 0 unspecified atom stereocenters. The number of allylic oxidation sites excluding steroid dienone is 4. The third-order valence-electron chi connectivity index (χ3n) is 8.70. The normalized spacial score (nSPS) is 54.0.